The maximum atomic E-state index is 13.0. The lowest BCUT2D eigenvalue weighted by Crippen LogP contribution is -2.37. The summed E-state index contributed by atoms with van der Waals surface area (Å²) in [7, 11) is 1.31. The monoisotopic (exact) mass is 543 g/mol. The van der Waals surface area contributed by atoms with Gasteiger partial charge in [-0.1, -0.05) is 50.2 Å². The average molecular weight is 544 g/mol. The second-order valence-corrected chi connectivity index (χ2v) is 9.39. The van der Waals surface area contributed by atoms with E-state index in [0.717, 1.165) is 17.7 Å². The molecule has 0 aliphatic heterocycles. The number of hydrogen-bond donors (Lipinski definition) is 0. The summed E-state index contributed by atoms with van der Waals surface area (Å²) in [5, 5.41) is 0. The number of rotatable bonds is 12. The molecular formula is C30H32F3NO5. The van der Waals surface area contributed by atoms with Gasteiger partial charge in [-0.15, -0.1) is 0 Å². The zero-order valence-electron chi connectivity index (χ0n) is 22.2. The molecule has 3 aromatic rings. The van der Waals surface area contributed by atoms with Crippen molar-refractivity contribution in [2.24, 2.45) is 5.92 Å². The third-order valence-corrected chi connectivity index (χ3v) is 5.79. The van der Waals surface area contributed by atoms with Gasteiger partial charge in [0.25, 0.3) is 5.91 Å². The molecule has 0 aliphatic rings. The first-order chi connectivity index (χ1) is 18.6. The quantitative estimate of drug-likeness (QED) is 0.256. The molecule has 0 unspecified atom stereocenters. The zero-order chi connectivity index (χ0) is 28.4. The molecule has 0 spiro atoms. The topological polar surface area (TPSA) is 65.1 Å². The van der Waals surface area contributed by atoms with Crippen LogP contribution in [0.4, 0.5) is 13.2 Å². The maximum absolute atomic E-state index is 13.0. The number of carbonyl (C=O) groups excluding carboxylic acids is 2. The third-order valence-electron chi connectivity index (χ3n) is 5.79. The molecule has 0 saturated heterocycles. The fourth-order valence-corrected chi connectivity index (χ4v) is 3.89. The van der Waals surface area contributed by atoms with Crippen LogP contribution in [-0.2, 0) is 28.7 Å². The number of hydrogen-bond acceptors (Lipinski definition) is 5. The van der Waals surface area contributed by atoms with E-state index in [-0.39, 0.29) is 25.0 Å². The number of halogens is 3. The van der Waals surface area contributed by atoms with Crippen molar-refractivity contribution in [2.75, 3.05) is 26.9 Å². The van der Waals surface area contributed by atoms with Crippen molar-refractivity contribution < 1.29 is 37.0 Å². The highest BCUT2D eigenvalue weighted by Gasteiger charge is 2.30. The van der Waals surface area contributed by atoms with Crippen LogP contribution in [0.1, 0.15) is 40.9 Å². The van der Waals surface area contributed by atoms with Gasteiger partial charge in [-0.3, -0.25) is 4.79 Å². The van der Waals surface area contributed by atoms with Crippen molar-refractivity contribution in [3.8, 4) is 11.5 Å². The Kier molecular flexibility index (Phi) is 10.4. The molecule has 0 atom stereocenters. The zero-order valence-corrected chi connectivity index (χ0v) is 22.2. The summed E-state index contributed by atoms with van der Waals surface area (Å²) in [4.78, 5) is 26.5. The van der Waals surface area contributed by atoms with E-state index in [1.807, 2.05) is 32.0 Å². The van der Waals surface area contributed by atoms with Crippen LogP contribution in [0.3, 0.4) is 0 Å². The Morgan fingerprint density at radius 2 is 1.62 bits per heavy atom. The maximum Gasteiger partial charge on any atom is 0.416 e. The molecule has 0 fully saturated rings. The van der Waals surface area contributed by atoms with Gasteiger partial charge in [-0.05, 0) is 53.4 Å². The molecule has 3 aromatic carbocycles. The van der Waals surface area contributed by atoms with Crippen LogP contribution in [0.2, 0.25) is 0 Å². The summed E-state index contributed by atoms with van der Waals surface area (Å²) in [6.45, 7) is 4.65. The second-order valence-electron chi connectivity index (χ2n) is 9.39. The fourth-order valence-electron chi connectivity index (χ4n) is 3.89. The van der Waals surface area contributed by atoms with E-state index in [1.165, 1.54) is 19.2 Å². The van der Waals surface area contributed by atoms with Gasteiger partial charge in [0.1, 0.15) is 17.1 Å². The third kappa shape index (κ3) is 9.05. The molecule has 0 aliphatic carbocycles. The van der Waals surface area contributed by atoms with E-state index in [1.54, 1.807) is 35.2 Å². The summed E-state index contributed by atoms with van der Waals surface area (Å²) in [5.41, 5.74) is 1.14. The summed E-state index contributed by atoms with van der Waals surface area (Å²) < 4.78 is 54.9. The molecule has 208 valence electrons. The first-order valence-corrected chi connectivity index (χ1v) is 12.5. The smallest absolute Gasteiger partial charge is 0.416 e. The van der Waals surface area contributed by atoms with Crippen molar-refractivity contribution in [3.63, 3.8) is 0 Å². The highest BCUT2D eigenvalue weighted by Crippen LogP contribution is 2.29. The van der Waals surface area contributed by atoms with Crippen LogP contribution in [0.15, 0.2) is 72.8 Å². The minimum atomic E-state index is -4.41. The number of esters is 1. The lowest BCUT2D eigenvalue weighted by atomic mass is 10.1. The van der Waals surface area contributed by atoms with Gasteiger partial charge in [0.2, 0.25) is 0 Å². The van der Waals surface area contributed by atoms with Crippen molar-refractivity contribution in [2.45, 2.75) is 33.0 Å². The Bertz CT molecular complexity index is 1240. The average Bonchev–Trinajstić information content (AvgIpc) is 2.91. The van der Waals surface area contributed by atoms with Crippen LogP contribution in [0, 0.1) is 5.92 Å². The predicted octanol–water partition coefficient (Wildman–Crippen LogP) is 6.18. The molecule has 39 heavy (non-hydrogen) atoms. The Hall–Kier alpha value is -4.01. The van der Waals surface area contributed by atoms with Crippen LogP contribution in [0.5, 0.6) is 11.5 Å². The fraction of sp³-hybridized carbons (Fsp3) is 0.333. The Balaban J connectivity index is 1.57. The number of alkyl halides is 3. The molecule has 0 heterocycles. The first-order valence-electron chi connectivity index (χ1n) is 12.5. The highest BCUT2D eigenvalue weighted by atomic mass is 19.4. The summed E-state index contributed by atoms with van der Waals surface area (Å²) in [6.07, 6.45) is -3.87. The van der Waals surface area contributed by atoms with Crippen LogP contribution in [0.25, 0.3) is 0 Å². The van der Waals surface area contributed by atoms with Crippen LogP contribution in [-0.4, -0.2) is 43.6 Å². The summed E-state index contributed by atoms with van der Waals surface area (Å²) >= 11 is 0. The minimum absolute atomic E-state index is 0.163. The van der Waals surface area contributed by atoms with E-state index in [2.05, 4.69) is 0 Å². The molecule has 0 aromatic heterocycles. The number of amides is 1. The second kappa shape index (κ2) is 13.7. The molecule has 1 amide bonds. The molecule has 0 saturated carbocycles. The van der Waals surface area contributed by atoms with E-state index >= 15 is 0 Å². The molecule has 0 radical (unpaired) electrons. The van der Waals surface area contributed by atoms with Gasteiger partial charge in [0.05, 0.1) is 19.3 Å². The van der Waals surface area contributed by atoms with E-state index in [9.17, 15) is 22.8 Å². The number of ether oxygens (including phenoxy) is 3. The van der Waals surface area contributed by atoms with E-state index in [0.29, 0.717) is 42.2 Å². The number of nitrogens with zero attached hydrogens (tertiary/aromatic N) is 1. The molecular weight excluding hydrogens is 511 g/mol. The number of methoxy groups -OCH3 is 1. The molecule has 0 bridgehead atoms. The standard InChI is InChI=1S/C30H32F3NO5/c1-21(2)18-34(19-23-11-13-24(14-12-23)30(31,32)33)28(35)20-39-25-8-6-7-22(17-25)15-16-38-27-10-5-4-9-26(27)29(36)37-3/h4-14,17,21H,15-16,18-20H2,1-3H3. The first kappa shape index (κ1) is 29.5. The van der Waals surface area contributed by atoms with Crippen molar-refractivity contribution >= 4 is 11.9 Å². The van der Waals surface area contributed by atoms with Crippen LogP contribution >= 0.6 is 0 Å². The Labute approximate surface area is 226 Å². The van der Waals surface area contributed by atoms with Crippen molar-refractivity contribution in [3.05, 3.63) is 95.1 Å². The van der Waals surface area contributed by atoms with E-state index < -0.39 is 17.7 Å². The SMILES string of the molecule is COC(=O)c1ccccc1OCCc1cccc(OCC(=O)N(Cc2ccc(C(F)(F)F)cc2)CC(C)C)c1. The molecule has 3 rings (SSSR count). The Morgan fingerprint density at radius 1 is 0.897 bits per heavy atom. The molecule has 6 nitrogen and oxygen atoms in total. The van der Waals surface area contributed by atoms with Crippen LogP contribution < -0.4 is 9.47 Å². The number of benzene rings is 3. The van der Waals surface area contributed by atoms with Gasteiger partial charge in [-0.25, -0.2) is 4.79 Å². The highest BCUT2D eigenvalue weighted by molar-refractivity contribution is 5.92. The number of carbonyl (C=O) groups is 2. The lowest BCUT2D eigenvalue weighted by molar-refractivity contribution is -0.138. The number of para-hydroxylation sites is 1. The van der Waals surface area contributed by atoms with Crippen molar-refractivity contribution in [1.82, 2.24) is 4.90 Å². The van der Waals surface area contributed by atoms with Gasteiger partial charge in [-0.2, -0.15) is 13.2 Å². The summed E-state index contributed by atoms with van der Waals surface area (Å²) in [5.74, 6) is 0.360. The van der Waals surface area contributed by atoms with Gasteiger partial charge >= 0.3 is 12.1 Å². The molecule has 9 heteroatoms. The van der Waals surface area contributed by atoms with Gasteiger partial charge < -0.3 is 19.1 Å². The summed E-state index contributed by atoms with van der Waals surface area (Å²) in [6, 6.07) is 18.9. The largest absolute Gasteiger partial charge is 0.492 e. The van der Waals surface area contributed by atoms with Gasteiger partial charge in [0, 0.05) is 19.5 Å². The van der Waals surface area contributed by atoms with Crippen molar-refractivity contribution in [1.29, 1.82) is 0 Å². The molecule has 0 N–H and O–H groups in total. The normalized spacial score (nSPS) is 11.3. The lowest BCUT2D eigenvalue weighted by Gasteiger charge is -2.25. The van der Waals surface area contributed by atoms with Gasteiger partial charge in [0.15, 0.2) is 6.61 Å². The minimum Gasteiger partial charge on any atom is -0.492 e. The Morgan fingerprint density at radius 3 is 2.28 bits per heavy atom. The predicted molar refractivity (Wildman–Crippen MR) is 141 cm³/mol. The van der Waals surface area contributed by atoms with E-state index in [4.69, 9.17) is 14.2 Å².